The van der Waals surface area contributed by atoms with Crippen molar-refractivity contribution in [2.75, 3.05) is 13.2 Å². The molecule has 1 aliphatic heterocycles. The molecule has 1 aromatic carbocycles. The largest absolute Gasteiger partial charge is 0.384 e. The fraction of sp³-hybridized carbons (Fsp3) is 0.500. The third-order valence-electron chi connectivity index (χ3n) is 3.92. The van der Waals surface area contributed by atoms with Gasteiger partial charge in [-0.2, -0.15) is 5.26 Å². The Labute approximate surface area is 110 Å². The summed E-state index contributed by atoms with van der Waals surface area (Å²) in [5.74, 6) is -1.54. The molecule has 0 amide bonds. The van der Waals surface area contributed by atoms with E-state index in [0.29, 0.717) is 26.1 Å². The Morgan fingerprint density at radius 1 is 1.26 bits per heavy atom. The zero-order chi connectivity index (χ0) is 14.1. The van der Waals surface area contributed by atoms with E-state index in [1.165, 1.54) is 6.92 Å². The number of benzene rings is 1. The van der Waals surface area contributed by atoms with E-state index in [-0.39, 0.29) is 5.56 Å². The molecule has 0 aliphatic carbocycles. The van der Waals surface area contributed by atoms with Crippen LogP contribution in [0, 0.1) is 28.4 Å². The summed E-state index contributed by atoms with van der Waals surface area (Å²) in [6.45, 7) is 2.12. The maximum atomic E-state index is 13.3. The molecule has 3 nitrogen and oxygen atoms in total. The molecule has 2 rings (SSSR count). The molecule has 0 saturated carbocycles. The first-order valence-electron chi connectivity index (χ1n) is 6.09. The van der Waals surface area contributed by atoms with Crippen LogP contribution in [0.1, 0.15) is 25.3 Å². The van der Waals surface area contributed by atoms with Crippen LogP contribution in [0.15, 0.2) is 18.2 Å². The molecule has 1 N–H and O–H groups in total. The Hall–Kier alpha value is -1.51. The van der Waals surface area contributed by atoms with E-state index < -0.39 is 22.7 Å². The smallest absolute Gasteiger partial charge is 0.126 e. The van der Waals surface area contributed by atoms with Gasteiger partial charge < -0.3 is 9.84 Å². The molecular weight excluding hydrogens is 252 g/mol. The van der Waals surface area contributed by atoms with Crippen molar-refractivity contribution in [3.63, 3.8) is 0 Å². The highest BCUT2D eigenvalue weighted by Gasteiger charge is 2.50. The summed E-state index contributed by atoms with van der Waals surface area (Å²) in [7, 11) is 0. The maximum Gasteiger partial charge on any atom is 0.126 e. The van der Waals surface area contributed by atoms with Crippen LogP contribution in [-0.2, 0) is 10.3 Å². The highest BCUT2D eigenvalue weighted by atomic mass is 19.1. The minimum absolute atomic E-state index is 0.0773. The molecule has 1 heterocycles. The maximum absolute atomic E-state index is 13.3. The molecule has 1 unspecified atom stereocenters. The fourth-order valence-electron chi connectivity index (χ4n) is 2.54. The second kappa shape index (κ2) is 4.87. The molecule has 1 saturated heterocycles. The lowest BCUT2D eigenvalue weighted by atomic mass is 9.66. The van der Waals surface area contributed by atoms with Crippen molar-refractivity contribution in [2.45, 2.75) is 25.4 Å². The molecule has 19 heavy (non-hydrogen) atoms. The first kappa shape index (κ1) is 13.9. The Bertz CT molecular complexity index is 496. The number of hydrogen-bond acceptors (Lipinski definition) is 3. The van der Waals surface area contributed by atoms with E-state index >= 15 is 0 Å². The molecule has 0 aromatic heterocycles. The lowest BCUT2D eigenvalue weighted by Gasteiger charge is -2.42. The van der Waals surface area contributed by atoms with Crippen LogP contribution in [0.2, 0.25) is 0 Å². The minimum Gasteiger partial charge on any atom is -0.384 e. The Morgan fingerprint density at radius 2 is 1.79 bits per heavy atom. The van der Waals surface area contributed by atoms with Gasteiger partial charge in [0.25, 0.3) is 0 Å². The molecule has 1 atom stereocenters. The molecule has 0 spiro atoms. The fourth-order valence-corrected chi connectivity index (χ4v) is 2.54. The van der Waals surface area contributed by atoms with Crippen LogP contribution < -0.4 is 0 Å². The van der Waals surface area contributed by atoms with Gasteiger partial charge in [-0.15, -0.1) is 0 Å². The molecule has 1 aliphatic rings. The molecule has 102 valence electrons. The Balaban J connectivity index is 2.47. The van der Waals surface area contributed by atoms with Crippen LogP contribution in [-0.4, -0.2) is 18.3 Å². The molecular formula is C14H15F2NO2. The average Bonchev–Trinajstić information content (AvgIpc) is 2.38. The SMILES string of the molecule is CC(O)(c1cc(F)cc(F)c1)C1(C#N)CCOCC1. The molecule has 0 bridgehead atoms. The van der Waals surface area contributed by atoms with Gasteiger partial charge in [0.2, 0.25) is 0 Å². The first-order valence-corrected chi connectivity index (χ1v) is 6.09. The summed E-state index contributed by atoms with van der Waals surface area (Å²) in [4.78, 5) is 0. The van der Waals surface area contributed by atoms with Crippen molar-refractivity contribution in [3.05, 3.63) is 35.4 Å². The molecule has 1 aromatic rings. The summed E-state index contributed by atoms with van der Waals surface area (Å²) < 4.78 is 31.8. The van der Waals surface area contributed by atoms with Crippen molar-refractivity contribution in [1.82, 2.24) is 0 Å². The van der Waals surface area contributed by atoms with E-state index in [1.54, 1.807) is 0 Å². The van der Waals surface area contributed by atoms with E-state index in [0.717, 1.165) is 18.2 Å². The van der Waals surface area contributed by atoms with Gasteiger partial charge in [0.1, 0.15) is 17.2 Å². The molecule has 0 radical (unpaired) electrons. The van der Waals surface area contributed by atoms with Crippen molar-refractivity contribution >= 4 is 0 Å². The van der Waals surface area contributed by atoms with Gasteiger partial charge in [0.15, 0.2) is 0 Å². The van der Waals surface area contributed by atoms with Gasteiger partial charge in [-0.25, -0.2) is 8.78 Å². The summed E-state index contributed by atoms with van der Waals surface area (Å²) in [6, 6.07) is 4.99. The summed E-state index contributed by atoms with van der Waals surface area (Å²) in [5, 5.41) is 20.1. The topological polar surface area (TPSA) is 53.2 Å². The number of hydrogen-bond donors (Lipinski definition) is 1. The molecule has 5 heteroatoms. The van der Waals surface area contributed by atoms with Crippen LogP contribution in [0.5, 0.6) is 0 Å². The average molecular weight is 267 g/mol. The number of ether oxygens (including phenoxy) is 1. The van der Waals surface area contributed by atoms with Gasteiger partial charge in [-0.3, -0.25) is 0 Å². The third kappa shape index (κ3) is 2.34. The van der Waals surface area contributed by atoms with Gasteiger partial charge in [0, 0.05) is 19.3 Å². The minimum atomic E-state index is -1.63. The highest BCUT2D eigenvalue weighted by molar-refractivity contribution is 5.29. The second-order valence-electron chi connectivity index (χ2n) is 5.04. The van der Waals surface area contributed by atoms with Crippen LogP contribution in [0.3, 0.4) is 0 Å². The number of aliphatic hydroxyl groups is 1. The van der Waals surface area contributed by atoms with Crippen LogP contribution >= 0.6 is 0 Å². The first-order chi connectivity index (χ1) is 8.91. The summed E-state index contributed by atoms with van der Waals surface area (Å²) in [5.41, 5.74) is -2.64. The van der Waals surface area contributed by atoms with Crippen molar-refractivity contribution < 1.29 is 18.6 Å². The zero-order valence-corrected chi connectivity index (χ0v) is 10.6. The number of nitriles is 1. The predicted octanol–water partition coefficient (Wildman–Crippen LogP) is 2.49. The standard InChI is InChI=1S/C14H15F2NO2/c1-13(18,10-6-11(15)8-12(16)7-10)14(9-17)2-4-19-5-3-14/h6-8,18H,2-5H2,1H3. The monoisotopic (exact) mass is 267 g/mol. The van der Waals surface area contributed by atoms with Crippen molar-refractivity contribution in [3.8, 4) is 6.07 Å². The highest BCUT2D eigenvalue weighted by Crippen LogP contribution is 2.46. The van der Waals surface area contributed by atoms with Crippen molar-refractivity contribution in [2.24, 2.45) is 5.41 Å². The Kier molecular flexibility index (Phi) is 3.57. The van der Waals surface area contributed by atoms with Crippen LogP contribution in [0.4, 0.5) is 8.78 Å². The van der Waals surface area contributed by atoms with Crippen molar-refractivity contribution in [1.29, 1.82) is 5.26 Å². The third-order valence-corrected chi connectivity index (χ3v) is 3.92. The second-order valence-corrected chi connectivity index (χ2v) is 5.04. The predicted molar refractivity (Wildman–Crippen MR) is 64.0 cm³/mol. The number of nitrogens with zero attached hydrogens (tertiary/aromatic N) is 1. The summed E-state index contributed by atoms with van der Waals surface area (Å²) in [6.07, 6.45) is 0.656. The van der Waals surface area contributed by atoms with Crippen LogP contribution in [0.25, 0.3) is 0 Å². The van der Waals surface area contributed by atoms with E-state index in [4.69, 9.17) is 4.74 Å². The lowest BCUT2D eigenvalue weighted by Crippen LogP contribution is -2.46. The lowest BCUT2D eigenvalue weighted by molar-refractivity contribution is -0.0977. The van der Waals surface area contributed by atoms with E-state index in [1.807, 2.05) is 0 Å². The number of rotatable bonds is 2. The normalized spacial score (nSPS) is 21.4. The van der Waals surface area contributed by atoms with Gasteiger partial charge in [-0.1, -0.05) is 0 Å². The quantitative estimate of drug-likeness (QED) is 0.895. The van der Waals surface area contributed by atoms with Gasteiger partial charge >= 0.3 is 0 Å². The zero-order valence-electron chi connectivity index (χ0n) is 10.6. The van der Waals surface area contributed by atoms with E-state index in [2.05, 4.69) is 6.07 Å². The van der Waals surface area contributed by atoms with Gasteiger partial charge in [-0.05, 0) is 37.5 Å². The number of halogens is 2. The summed E-state index contributed by atoms with van der Waals surface area (Å²) >= 11 is 0. The van der Waals surface area contributed by atoms with E-state index in [9.17, 15) is 19.1 Å². The molecule has 1 fully saturated rings. The Morgan fingerprint density at radius 3 is 2.26 bits per heavy atom. The van der Waals surface area contributed by atoms with Gasteiger partial charge in [0.05, 0.1) is 11.5 Å².